The molecule has 1 aliphatic carbocycles. The average molecular weight is 284 g/mol. The minimum Gasteiger partial charge on any atom is -0.444 e. The Morgan fingerprint density at radius 1 is 1.15 bits per heavy atom. The molecule has 0 aromatic carbocycles. The van der Waals surface area contributed by atoms with Crippen molar-refractivity contribution in [1.29, 1.82) is 0 Å². The number of rotatable bonds is 4. The third kappa shape index (κ3) is 6.78. The molecule has 0 bridgehead atoms. The highest BCUT2D eigenvalue weighted by molar-refractivity contribution is 5.76. The maximum atomic E-state index is 11.7. The van der Waals surface area contributed by atoms with Gasteiger partial charge in [0.2, 0.25) is 5.91 Å². The monoisotopic (exact) mass is 284 g/mol. The van der Waals surface area contributed by atoms with Gasteiger partial charge in [0.1, 0.15) is 5.60 Å². The molecule has 5 nitrogen and oxygen atoms in total. The van der Waals surface area contributed by atoms with E-state index < -0.39 is 5.60 Å². The topological polar surface area (TPSA) is 67.4 Å². The second-order valence-corrected chi connectivity index (χ2v) is 6.52. The van der Waals surface area contributed by atoms with Gasteiger partial charge in [0.25, 0.3) is 0 Å². The summed E-state index contributed by atoms with van der Waals surface area (Å²) in [6, 6.07) is 0.258. The predicted octanol–water partition coefficient (Wildman–Crippen LogP) is 2.74. The van der Waals surface area contributed by atoms with Crippen molar-refractivity contribution in [2.24, 2.45) is 0 Å². The first-order chi connectivity index (χ1) is 9.30. The smallest absolute Gasteiger partial charge is 0.407 e. The van der Waals surface area contributed by atoms with Crippen LogP contribution in [0.15, 0.2) is 0 Å². The van der Waals surface area contributed by atoms with Crippen molar-refractivity contribution in [1.82, 2.24) is 10.6 Å². The third-order valence-corrected chi connectivity index (χ3v) is 3.24. The largest absolute Gasteiger partial charge is 0.444 e. The van der Waals surface area contributed by atoms with Crippen molar-refractivity contribution >= 4 is 12.0 Å². The van der Waals surface area contributed by atoms with Crippen LogP contribution in [0.2, 0.25) is 0 Å². The fraction of sp³-hybridized carbons (Fsp3) is 0.867. The van der Waals surface area contributed by atoms with Gasteiger partial charge in [0.15, 0.2) is 0 Å². The Kier molecular flexibility index (Phi) is 6.30. The van der Waals surface area contributed by atoms with Crippen LogP contribution in [0.4, 0.5) is 4.79 Å². The van der Waals surface area contributed by atoms with Crippen LogP contribution >= 0.6 is 0 Å². The molecule has 20 heavy (non-hydrogen) atoms. The van der Waals surface area contributed by atoms with Crippen LogP contribution in [-0.4, -0.2) is 29.7 Å². The lowest BCUT2D eigenvalue weighted by Crippen LogP contribution is -2.46. The first-order valence-corrected chi connectivity index (χ1v) is 7.59. The fourth-order valence-electron chi connectivity index (χ4n) is 2.45. The molecule has 2 amide bonds. The van der Waals surface area contributed by atoms with Gasteiger partial charge in [-0.2, -0.15) is 0 Å². The maximum Gasteiger partial charge on any atom is 0.407 e. The van der Waals surface area contributed by atoms with Crippen LogP contribution in [0.5, 0.6) is 0 Å². The van der Waals surface area contributed by atoms with Crippen molar-refractivity contribution in [3.05, 3.63) is 0 Å². The molecule has 0 aromatic heterocycles. The van der Waals surface area contributed by atoms with E-state index in [-0.39, 0.29) is 24.1 Å². The molecule has 0 aromatic rings. The molecule has 2 N–H and O–H groups in total. The van der Waals surface area contributed by atoms with Gasteiger partial charge in [0, 0.05) is 18.5 Å². The summed E-state index contributed by atoms with van der Waals surface area (Å²) >= 11 is 0. The number of ether oxygens (including phenoxy) is 1. The lowest BCUT2D eigenvalue weighted by atomic mass is 9.91. The van der Waals surface area contributed by atoms with Crippen molar-refractivity contribution in [2.75, 3.05) is 0 Å². The number of hydrogen-bond acceptors (Lipinski definition) is 3. The zero-order valence-electron chi connectivity index (χ0n) is 13.1. The summed E-state index contributed by atoms with van der Waals surface area (Å²) in [5.74, 6) is 0.107. The molecule has 0 heterocycles. The Balaban J connectivity index is 2.37. The van der Waals surface area contributed by atoms with Gasteiger partial charge in [-0.25, -0.2) is 4.79 Å². The van der Waals surface area contributed by atoms with Gasteiger partial charge in [-0.05, 0) is 52.9 Å². The Morgan fingerprint density at radius 3 is 2.30 bits per heavy atom. The van der Waals surface area contributed by atoms with Crippen LogP contribution in [-0.2, 0) is 9.53 Å². The highest BCUT2D eigenvalue weighted by Gasteiger charge is 2.26. The number of carbonyl (C=O) groups excluding carboxylic acids is 2. The van der Waals surface area contributed by atoms with Gasteiger partial charge >= 0.3 is 6.09 Å². The van der Waals surface area contributed by atoms with Gasteiger partial charge in [-0.3, -0.25) is 4.79 Å². The lowest BCUT2D eigenvalue weighted by molar-refractivity contribution is -0.122. The summed E-state index contributed by atoms with van der Waals surface area (Å²) in [6.07, 6.45) is 4.79. The van der Waals surface area contributed by atoms with E-state index in [4.69, 9.17) is 4.74 Å². The molecule has 5 heteroatoms. The number of alkyl carbamates (subject to hydrolysis) is 1. The van der Waals surface area contributed by atoms with E-state index in [1.807, 2.05) is 27.7 Å². The highest BCUT2D eigenvalue weighted by Crippen LogP contribution is 2.19. The summed E-state index contributed by atoms with van der Waals surface area (Å²) in [5, 5.41) is 5.94. The number of hydrogen-bond donors (Lipinski definition) is 2. The molecule has 116 valence electrons. The summed E-state index contributed by atoms with van der Waals surface area (Å²) in [4.78, 5) is 23.3. The van der Waals surface area contributed by atoms with E-state index in [0.29, 0.717) is 6.42 Å². The van der Waals surface area contributed by atoms with E-state index >= 15 is 0 Å². The minimum atomic E-state index is -0.479. The lowest BCUT2D eigenvalue weighted by Gasteiger charge is -2.31. The molecule has 1 fully saturated rings. The summed E-state index contributed by atoms with van der Waals surface area (Å²) in [7, 11) is 0. The number of carbonyl (C=O) groups is 2. The van der Waals surface area contributed by atoms with Gasteiger partial charge in [0.05, 0.1) is 0 Å². The number of nitrogens with one attached hydrogen (secondary N) is 2. The maximum absolute atomic E-state index is 11.7. The predicted molar refractivity (Wildman–Crippen MR) is 78.5 cm³/mol. The molecule has 0 unspecified atom stereocenters. The van der Waals surface area contributed by atoms with E-state index in [2.05, 4.69) is 10.6 Å². The quantitative estimate of drug-likeness (QED) is 0.834. The zero-order valence-corrected chi connectivity index (χ0v) is 13.1. The van der Waals surface area contributed by atoms with Crippen molar-refractivity contribution in [2.45, 2.75) is 83.9 Å². The zero-order chi connectivity index (χ0) is 15.2. The first kappa shape index (κ1) is 16.8. The second-order valence-electron chi connectivity index (χ2n) is 6.52. The molecule has 1 rings (SSSR count). The Hall–Kier alpha value is -1.26. The average Bonchev–Trinajstić information content (AvgIpc) is 2.26. The minimum absolute atomic E-state index is 0.0885. The van der Waals surface area contributed by atoms with Crippen LogP contribution in [0.3, 0.4) is 0 Å². The SMILES string of the molecule is CCCC(=O)N[C@H]1CCC[C@H](NC(=O)OC(C)(C)C)C1. The summed E-state index contributed by atoms with van der Waals surface area (Å²) in [5.41, 5.74) is -0.479. The molecule has 2 atom stereocenters. The van der Waals surface area contributed by atoms with Crippen molar-refractivity contribution in [3.8, 4) is 0 Å². The van der Waals surface area contributed by atoms with Crippen molar-refractivity contribution < 1.29 is 14.3 Å². The third-order valence-electron chi connectivity index (χ3n) is 3.24. The normalized spacial score (nSPS) is 23.0. The Labute approximate surface area is 121 Å². The summed E-state index contributed by atoms with van der Waals surface area (Å²) < 4.78 is 5.26. The van der Waals surface area contributed by atoms with Crippen LogP contribution in [0.1, 0.15) is 66.2 Å². The molecule has 1 aliphatic rings. The number of amides is 2. The molecular weight excluding hydrogens is 256 g/mol. The molecular formula is C15H28N2O3. The molecule has 0 saturated heterocycles. The van der Waals surface area contributed by atoms with Crippen LogP contribution in [0, 0.1) is 0 Å². The highest BCUT2D eigenvalue weighted by atomic mass is 16.6. The Bertz CT molecular complexity index is 337. The van der Waals surface area contributed by atoms with E-state index in [0.717, 1.165) is 32.1 Å². The van der Waals surface area contributed by atoms with Crippen LogP contribution in [0.25, 0.3) is 0 Å². The Morgan fingerprint density at radius 2 is 1.75 bits per heavy atom. The fourth-order valence-corrected chi connectivity index (χ4v) is 2.45. The molecule has 0 spiro atoms. The van der Waals surface area contributed by atoms with Gasteiger partial charge in [-0.1, -0.05) is 6.92 Å². The van der Waals surface area contributed by atoms with Gasteiger partial charge < -0.3 is 15.4 Å². The van der Waals surface area contributed by atoms with Gasteiger partial charge in [-0.15, -0.1) is 0 Å². The van der Waals surface area contributed by atoms with E-state index in [1.165, 1.54) is 0 Å². The standard InChI is InChI=1S/C15H28N2O3/c1-5-7-13(18)16-11-8-6-9-12(10-11)17-14(19)20-15(2,3)4/h11-12H,5-10H2,1-4H3,(H,16,18)(H,17,19)/t11-,12-/m0/s1. The van der Waals surface area contributed by atoms with E-state index in [9.17, 15) is 9.59 Å². The summed E-state index contributed by atoms with van der Waals surface area (Å²) in [6.45, 7) is 7.54. The van der Waals surface area contributed by atoms with Crippen molar-refractivity contribution in [3.63, 3.8) is 0 Å². The first-order valence-electron chi connectivity index (χ1n) is 7.59. The van der Waals surface area contributed by atoms with E-state index in [1.54, 1.807) is 0 Å². The second kappa shape index (κ2) is 7.50. The molecule has 0 radical (unpaired) electrons. The molecule has 0 aliphatic heterocycles. The molecule has 1 saturated carbocycles. The van der Waals surface area contributed by atoms with Crippen LogP contribution < -0.4 is 10.6 Å².